The predicted octanol–water partition coefficient (Wildman–Crippen LogP) is 2.87. The van der Waals surface area contributed by atoms with Crippen LogP contribution in [0.3, 0.4) is 0 Å². The predicted molar refractivity (Wildman–Crippen MR) is 84.1 cm³/mol. The summed E-state index contributed by atoms with van der Waals surface area (Å²) in [4.78, 5) is 0. The van der Waals surface area contributed by atoms with Crippen molar-refractivity contribution in [3.05, 3.63) is 24.3 Å². The van der Waals surface area contributed by atoms with Crippen LogP contribution in [0.15, 0.2) is 24.3 Å². The molecule has 2 rings (SSSR count). The largest absolute Gasteiger partial charge is 0.497 e. The fourth-order valence-electron chi connectivity index (χ4n) is 2.47. The zero-order chi connectivity index (χ0) is 15.1. The van der Waals surface area contributed by atoms with Crippen LogP contribution in [-0.4, -0.2) is 39.0 Å². The molecule has 21 heavy (non-hydrogen) atoms. The first-order valence-corrected chi connectivity index (χ1v) is 7.80. The quantitative estimate of drug-likeness (QED) is 0.800. The van der Waals surface area contributed by atoms with E-state index in [-0.39, 0.29) is 6.10 Å². The zero-order valence-corrected chi connectivity index (χ0v) is 13.3. The van der Waals surface area contributed by atoms with Gasteiger partial charge in [-0.2, -0.15) is 0 Å². The summed E-state index contributed by atoms with van der Waals surface area (Å²) in [5.41, 5.74) is 0. The first kappa shape index (κ1) is 16.1. The van der Waals surface area contributed by atoms with Gasteiger partial charge in [0.2, 0.25) is 0 Å². The fraction of sp³-hybridized carbons (Fsp3) is 0.647. The van der Waals surface area contributed by atoms with Gasteiger partial charge in [0.15, 0.2) is 0 Å². The van der Waals surface area contributed by atoms with Crippen molar-refractivity contribution < 1.29 is 14.2 Å². The lowest BCUT2D eigenvalue weighted by Gasteiger charge is -2.16. The molecule has 0 spiro atoms. The standard InChI is InChI=1S/C17H27NO3/c1-13(2)10-18-11-16-7-8-17(21-16)12-20-15-6-4-5-14(9-15)19-3/h4-6,9,13,16-18H,7-8,10-12H2,1-3H3. The van der Waals surface area contributed by atoms with Gasteiger partial charge < -0.3 is 19.5 Å². The van der Waals surface area contributed by atoms with Crippen molar-refractivity contribution >= 4 is 0 Å². The summed E-state index contributed by atoms with van der Waals surface area (Å²) < 4.78 is 17.0. The van der Waals surface area contributed by atoms with E-state index in [2.05, 4.69) is 19.2 Å². The lowest BCUT2D eigenvalue weighted by atomic mass is 10.2. The van der Waals surface area contributed by atoms with E-state index >= 15 is 0 Å². The van der Waals surface area contributed by atoms with Crippen molar-refractivity contribution in [3.63, 3.8) is 0 Å². The van der Waals surface area contributed by atoms with E-state index in [1.165, 1.54) is 0 Å². The summed E-state index contributed by atoms with van der Waals surface area (Å²) in [7, 11) is 1.66. The van der Waals surface area contributed by atoms with Gasteiger partial charge in [0, 0.05) is 12.6 Å². The zero-order valence-electron chi connectivity index (χ0n) is 13.3. The van der Waals surface area contributed by atoms with Crippen LogP contribution < -0.4 is 14.8 Å². The molecule has 2 unspecified atom stereocenters. The minimum Gasteiger partial charge on any atom is -0.497 e. The Morgan fingerprint density at radius 3 is 2.76 bits per heavy atom. The number of benzene rings is 1. The van der Waals surface area contributed by atoms with Crippen LogP contribution in [0.1, 0.15) is 26.7 Å². The number of hydrogen-bond acceptors (Lipinski definition) is 4. The topological polar surface area (TPSA) is 39.7 Å². The summed E-state index contributed by atoms with van der Waals surface area (Å²) in [6, 6.07) is 7.69. The smallest absolute Gasteiger partial charge is 0.123 e. The monoisotopic (exact) mass is 293 g/mol. The van der Waals surface area contributed by atoms with E-state index in [1.54, 1.807) is 7.11 Å². The second-order valence-electron chi connectivity index (χ2n) is 6.00. The third kappa shape index (κ3) is 5.56. The summed E-state index contributed by atoms with van der Waals surface area (Å²) in [5, 5.41) is 3.45. The second kappa shape index (κ2) is 8.25. The van der Waals surface area contributed by atoms with Crippen molar-refractivity contribution in [2.75, 3.05) is 26.8 Å². The molecule has 1 heterocycles. The lowest BCUT2D eigenvalue weighted by molar-refractivity contribution is 0.0183. The molecule has 0 bridgehead atoms. The van der Waals surface area contributed by atoms with Gasteiger partial charge in [0.1, 0.15) is 18.1 Å². The normalized spacial score (nSPS) is 21.7. The summed E-state index contributed by atoms with van der Waals surface area (Å²) >= 11 is 0. The van der Waals surface area contributed by atoms with Gasteiger partial charge in [0.05, 0.1) is 19.3 Å². The van der Waals surface area contributed by atoms with Crippen LogP contribution in [0, 0.1) is 5.92 Å². The van der Waals surface area contributed by atoms with Crippen molar-refractivity contribution in [1.29, 1.82) is 0 Å². The number of nitrogens with one attached hydrogen (secondary N) is 1. The number of methoxy groups -OCH3 is 1. The molecule has 118 valence electrons. The molecule has 0 radical (unpaired) electrons. The summed E-state index contributed by atoms with van der Waals surface area (Å²) in [5.74, 6) is 2.33. The third-order valence-electron chi connectivity index (χ3n) is 3.60. The van der Waals surface area contributed by atoms with Gasteiger partial charge in [-0.3, -0.25) is 0 Å². The Labute approximate surface area is 127 Å². The van der Waals surface area contributed by atoms with E-state index in [0.29, 0.717) is 18.6 Å². The van der Waals surface area contributed by atoms with Crippen molar-refractivity contribution in [2.24, 2.45) is 5.92 Å². The Bertz CT molecular complexity index is 422. The molecular formula is C17H27NO3. The lowest BCUT2D eigenvalue weighted by Crippen LogP contribution is -2.30. The van der Waals surface area contributed by atoms with Gasteiger partial charge in [-0.1, -0.05) is 19.9 Å². The van der Waals surface area contributed by atoms with Crippen molar-refractivity contribution in [1.82, 2.24) is 5.32 Å². The molecule has 2 atom stereocenters. The molecule has 4 heteroatoms. The van der Waals surface area contributed by atoms with E-state index < -0.39 is 0 Å². The van der Waals surface area contributed by atoms with E-state index in [4.69, 9.17) is 14.2 Å². The highest BCUT2D eigenvalue weighted by molar-refractivity contribution is 5.32. The minimum absolute atomic E-state index is 0.196. The number of rotatable bonds is 8. The minimum atomic E-state index is 0.196. The van der Waals surface area contributed by atoms with E-state index in [0.717, 1.165) is 37.4 Å². The maximum Gasteiger partial charge on any atom is 0.123 e. The van der Waals surface area contributed by atoms with Gasteiger partial charge in [-0.15, -0.1) is 0 Å². The Kier molecular flexibility index (Phi) is 6.33. The molecule has 1 aromatic carbocycles. The highest BCUT2D eigenvalue weighted by Crippen LogP contribution is 2.23. The average molecular weight is 293 g/mol. The molecule has 1 aliphatic heterocycles. The molecular weight excluding hydrogens is 266 g/mol. The first-order chi connectivity index (χ1) is 10.2. The Morgan fingerprint density at radius 1 is 1.24 bits per heavy atom. The first-order valence-electron chi connectivity index (χ1n) is 7.80. The van der Waals surface area contributed by atoms with Crippen LogP contribution >= 0.6 is 0 Å². The molecule has 0 aromatic heterocycles. The maximum absolute atomic E-state index is 6.00. The maximum atomic E-state index is 6.00. The Hall–Kier alpha value is -1.26. The summed E-state index contributed by atoms with van der Waals surface area (Å²) in [6.07, 6.45) is 2.69. The third-order valence-corrected chi connectivity index (χ3v) is 3.60. The van der Waals surface area contributed by atoms with Crippen molar-refractivity contribution in [3.8, 4) is 11.5 Å². The molecule has 0 amide bonds. The van der Waals surface area contributed by atoms with Gasteiger partial charge in [0.25, 0.3) is 0 Å². The SMILES string of the molecule is COc1cccc(OCC2CCC(CNCC(C)C)O2)c1. The molecule has 0 aliphatic carbocycles. The van der Waals surface area contributed by atoms with Crippen LogP contribution in [0.25, 0.3) is 0 Å². The van der Waals surface area contributed by atoms with Gasteiger partial charge in [-0.25, -0.2) is 0 Å². The average Bonchev–Trinajstić information content (AvgIpc) is 2.93. The molecule has 4 nitrogen and oxygen atoms in total. The molecule has 1 fully saturated rings. The fourth-order valence-corrected chi connectivity index (χ4v) is 2.47. The highest BCUT2D eigenvalue weighted by Gasteiger charge is 2.25. The van der Waals surface area contributed by atoms with Crippen molar-refractivity contribution in [2.45, 2.75) is 38.9 Å². The highest BCUT2D eigenvalue weighted by atomic mass is 16.5. The van der Waals surface area contributed by atoms with Crippen LogP contribution in [0.4, 0.5) is 0 Å². The molecule has 0 saturated carbocycles. The number of ether oxygens (including phenoxy) is 3. The Morgan fingerprint density at radius 2 is 2.00 bits per heavy atom. The van der Waals surface area contributed by atoms with Crippen LogP contribution in [-0.2, 0) is 4.74 Å². The number of hydrogen-bond donors (Lipinski definition) is 1. The molecule has 1 saturated heterocycles. The van der Waals surface area contributed by atoms with Gasteiger partial charge >= 0.3 is 0 Å². The van der Waals surface area contributed by atoms with E-state index in [1.807, 2.05) is 24.3 Å². The van der Waals surface area contributed by atoms with Gasteiger partial charge in [-0.05, 0) is 37.4 Å². The molecule has 1 N–H and O–H groups in total. The van der Waals surface area contributed by atoms with Crippen LogP contribution in [0.5, 0.6) is 11.5 Å². The second-order valence-corrected chi connectivity index (χ2v) is 6.00. The molecule has 1 aromatic rings. The van der Waals surface area contributed by atoms with E-state index in [9.17, 15) is 0 Å². The van der Waals surface area contributed by atoms with Crippen LogP contribution in [0.2, 0.25) is 0 Å². The molecule has 1 aliphatic rings. The Balaban J connectivity index is 1.68. The summed E-state index contributed by atoms with van der Waals surface area (Å²) in [6.45, 7) is 7.02.